The lowest BCUT2D eigenvalue weighted by Gasteiger charge is -2.41. The van der Waals surface area contributed by atoms with Crippen LogP contribution in [0.4, 0.5) is 5.69 Å². The predicted octanol–water partition coefficient (Wildman–Crippen LogP) is 4.00. The molecule has 1 fully saturated rings. The highest BCUT2D eigenvalue weighted by atomic mass is 35.5. The lowest BCUT2D eigenvalue weighted by molar-refractivity contribution is 0.0973. The van der Waals surface area contributed by atoms with Crippen molar-refractivity contribution in [1.82, 2.24) is 15.1 Å². The summed E-state index contributed by atoms with van der Waals surface area (Å²) in [7, 11) is 2.18. The molecule has 1 saturated heterocycles. The van der Waals surface area contributed by atoms with E-state index in [1.165, 1.54) is 5.56 Å². The Morgan fingerprint density at radius 2 is 1.63 bits per heavy atom. The Morgan fingerprint density at radius 3 is 2.26 bits per heavy atom. The van der Waals surface area contributed by atoms with E-state index in [2.05, 4.69) is 64.7 Å². The van der Waals surface area contributed by atoms with E-state index in [0.29, 0.717) is 10.1 Å². The molecule has 0 aromatic heterocycles. The standard InChI is InChI=1S/C21H27ClN4S/c1-16(23-21(27)24-19-10-8-18(22)9-11-19)20(17-6-4-3-5-7-17)26-14-12-25(2)13-15-26/h3-11,16,20H,12-15H2,1-2H3,(H2,23,24,27)/t16-,20+/m0/s1. The molecule has 1 heterocycles. The van der Waals surface area contributed by atoms with Crippen LogP contribution in [0.25, 0.3) is 0 Å². The minimum absolute atomic E-state index is 0.170. The van der Waals surface area contributed by atoms with Gasteiger partial charge in [-0.05, 0) is 56.0 Å². The first-order valence-corrected chi connectivity index (χ1v) is 10.1. The molecular formula is C21H27ClN4S. The molecule has 2 aromatic rings. The minimum Gasteiger partial charge on any atom is -0.358 e. The first kappa shape index (κ1) is 20.1. The third kappa shape index (κ3) is 5.66. The van der Waals surface area contributed by atoms with E-state index in [4.69, 9.17) is 23.8 Å². The van der Waals surface area contributed by atoms with E-state index < -0.39 is 0 Å². The lowest BCUT2D eigenvalue weighted by atomic mass is 9.98. The topological polar surface area (TPSA) is 30.5 Å². The molecule has 2 aromatic carbocycles. The van der Waals surface area contributed by atoms with Crippen molar-refractivity contribution in [1.29, 1.82) is 0 Å². The van der Waals surface area contributed by atoms with Crippen molar-refractivity contribution >= 4 is 34.6 Å². The Kier molecular flexibility index (Phi) is 7.07. The molecule has 3 rings (SSSR count). The van der Waals surface area contributed by atoms with Gasteiger partial charge in [-0.25, -0.2) is 0 Å². The second-order valence-electron chi connectivity index (χ2n) is 7.09. The van der Waals surface area contributed by atoms with Crippen molar-refractivity contribution in [2.45, 2.75) is 19.0 Å². The van der Waals surface area contributed by atoms with Crippen LogP contribution in [0, 0.1) is 0 Å². The van der Waals surface area contributed by atoms with E-state index in [1.54, 1.807) is 0 Å². The number of hydrogen-bond donors (Lipinski definition) is 2. The Balaban J connectivity index is 1.69. The third-order valence-electron chi connectivity index (χ3n) is 5.01. The summed E-state index contributed by atoms with van der Waals surface area (Å²) < 4.78 is 0. The van der Waals surface area contributed by atoms with Crippen LogP contribution in [0.1, 0.15) is 18.5 Å². The van der Waals surface area contributed by atoms with Gasteiger partial charge in [0.1, 0.15) is 0 Å². The van der Waals surface area contributed by atoms with Crippen LogP contribution in [0.3, 0.4) is 0 Å². The average molecular weight is 403 g/mol. The molecule has 6 heteroatoms. The smallest absolute Gasteiger partial charge is 0.171 e. The maximum Gasteiger partial charge on any atom is 0.171 e. The Morgan fingerprint density at radius 1 is 1.00 bits per heavy atom. The van der Waals surface area contributed by atoms with Crippen LogP contribution < -0.4 is 10.6 Å². The summed E-state index contributed by atoms with van der Waals surface area (Å²) in [4.78, 5) is 4.93. The number of hydrogen-bond acceptors (Lipinski definition) is 3. The number of anilines is 1. The molecular weight excluding hydrogens is 376 g/mol. The highest BCUT2D eigenvalue weighted by molar-refractivity contribution is 7.80. The maximum absolute atomic E-state index is 5.95. The van der Waals surface area contributed by atoms with E-state index >= 15 is 0 Å². The normalized spacial score (nSPS) is 17.9. The van der Waals surface area contributed by atoms with Gasteiger partial charge in [-0.15, -0.1) is 0 Å². The van der Waals surface area contributed by atoms with Crippen LogP contribution in [-0.4, -0.2) is 54.2 Å². The van der Waals surface area contributed by atoms with E-state index in [-0.39, 0.29) is 12.1 Å². The van der Waals surface area contributed by atoms with E-state index in [9.17, 15) is 0 Å². The molecule has 0 spiro atoms. The molecule has 0 unspecified atom stereocenters. The fraction of sp³-hybridized carbons (Fsp3) is 0.381. The predicted molar refractivity (Wildman–Crippen MR) is 119 cm³/mol. The Hall–Kier alpha value is -1.66. The second kappa shape index (κ2) is 9.51. The van der Waals surface area contributed by atoms with Gasteiger partial charge in [-0.3, -0.25) is 4.90 Å². The van der Waals surface area contributed by atoms with Gasteiger partial charge in [0, 0.05) is 42.9 Å². The molecule has 0 bridgehead atoms. The summed E-state index contributed by atoms with van der Waals surface area (Å²) in [6.07, 6.45) is 0. The highest BCUT2D eigenvalue weighted by Crippen LogP contribution is 2.25. The van der Waals surface area contributed by atoms with Crippen molar-refractivity contribution < 1.29 is 0 Å². The van der Waals surface area contributed by atoms with Gasteiger partial charge in [0.2, 0.25) is 0 Å². The highest BCUT2D eigenvalue weighted by Gasteiger charge is 2.28. The minimum atomic E-state index is 0.170. The molecule has 0 amide bonds. The number of nitrogens with zero attached hydrogens (tertiary/aromatic N) is 2. The number of piperazine rings is 1. The van der Waals surface area contributed by atoms with Crippen LogP contribution >= 0.6 is 23.8 Å². The first-order valence-electron chi connectivity index (χ1n) is 9.33. The fourth-order valence-corrected chi connectivity index (χ4v) is 3.98. The fourth-order valence-electron chi connectivity index (χ4n) is 3.55. The molecule has 1 aliphatic heterocycles. The van der Waals surface area contributed by atoms with Gasteiger partial charge < -0.3 is 15.5 Å². The van der Waals surface area contributed by atoms with Crippen molar-refractivity contribution in [3.8, 4) is 0 Å². The molecule has 0 saturated carbocycles. The summed E-state index contributed by atoms with van der Waals surface area (Å²) in [5.74, 6) is 0. The van der Waals surface area contributed by atoms with Crippen molar-refractivity contribution in [2.75, 3.05) is 38.5 Å². The first-order chi connectivity index (χ1) is 13.0. The van der Waals surface area contributed by atoms with Crippen molar-refractivity contribution in [3.63, 3.8) is 0 Å². The van der Waals surface area contributed by atoms with Crippen LogP contribution in [0.2, 0.25) is 5.02 Å². The van der Waals surface area contributed by atoms with Gasteiger partial charge in [-0.2, -0.15) is 0 Å². The summed E-state index contributed by atoms with van der Waals surface area (Å²) in [6.45, 7) is 6.48. The molecule has 2 atom stereocenters. The molecule has 0 radical (unpaired) electrons. The quantitative estimate of drug-likeness (QED) is 0.738. The average Bonchev–Trinajstić information content (AvgIpc) is 2.66. The molecule has 27 heavy (non-hydrogen) atoms. The largest absolute Gasteiger partial charge is 0.358 e. The summed E-state index contributed by atoms with van der Waals surface area (Å²) in [5, 5.41) is 8.07. The van der Waals surface area contributed by atoms with Crippen molar-refractivity contribution in [2.24, 2.45) is 0 Å². The van der Waals surface area contributed by atoms with Gasteiger partial charge in [-0.1, -0.05) is 41.9 Å². The second-order valence-corrected chi connectivity index (χ2v) is 7.93. The monoisotopic (exact) mass is 402 g/mol. The summed E-state index contributed by atoms with van der Waals surface area (Å²) in [5.41, 5.74) is 2.25. The summed E-state index contributed by atoms with van der Waals surface area (Å²) >= 11 is 11.5. The number of likely N-dealkylation sites (N-methyl/N-ethyl adjacent to an activating group) is 1. The Labute approximate surface area is 172 Å². The zero-order chi connectivity index (χ0) is 19.2. The molecule has 4 nitrogen and oxygen atoms in total. The zero-order valence-electron chi connectivity index (χ0n) is 15.9. The van der Waals surface area contributed by atoms with Gasteiger partial charge in [0.15, 0.2) is 5.11 Å². The third-order valence-corrected chi connectivity index (χ3v) is 5.48. The zero-order valence-corrected chi connectivity index (χ0v) is 17.4. The van der Waals surface area contributed by atoms with Crippen LogP contribution in [0.5, 0.6) is 0 Å². The van der Waals surface area contributed by atoms with E-state index in [1.807, 2.05) is 24.3 Å². The molecule has 1 aliphatic rings. The Bertz CT molecular complexity index is 730. The maximum atomic E-state index is 5.95. The SMILES string of the molecule is C[C@H](NC(=S)Nc1ccc(Cl)cc1)[C@H](c1ccccc1)N1CCN(C)CC1. The van der Waals surface area contributed by atoms with Gasteiger partial charge in [0.25, 0.3) is 0 Å². The number of halogens is 1. The number of rotatable bonds is 5. The van der Waals surface area contributed by atoms with Crippen LogP contribution in [0.15, 0.2) is 54.6 Å². The molecule has 2 N–H and O–H groups in total. The van der Waals surface area contributed by atoms with Crippen molar-refractivity contribution in [3.05, 3.63) is 65.2 Å². The van der Waals surface area contributed by atoms with Crippen LogP contribution in [-0.2, 0) is 0 Å². The number of thiocarbonyl (C=S) groups is 1. The summed E-state index contributed by atoms with van der Waals surface area (Å²) in [6, 6.07) is 18.7. The number of nitrogens with one attached hydrogen (secondary N) is 2. The lowest BCUT2D eigenvalue weighted by Crippen LogP contribution is -2.52. The van der Waals surface area contributed by atoms with Gasteiger partial charge >= 0.3 is 0 Å². The molecule has 0 aliphatic carbocycles. The van der Waals surface area contributed by atoms with Gasteiger partial charge in [0.05, 0.1) is 6.04 Å². The molecule has 144 valence electrons. The number of benzene rings is 2. The van der Waals surface area contributed by atoms with E-state index in [0.717, 1.165) is 31.9 Å².